The highest BCUT2D eigenvalue weighted by molar-refractivity contribution is 6.30. The number of hydrogen-bond donors (Lipinski definition) is 2. The van der Waals surface area contributed by atoms with Crippen molar-refractivity contribution in [3.05, 3.63) is 46.2 Å². The minimum absolute atomic E-state index is 0. The van der Waals surface area contributed by atoms with Crippen LogP contribution >= 0.6 is 24.0 Å². The lowest BCUT2D eigenvalue weighted by Gasteiger charge is -2.25. The van der Waals surface area contributed by atoms with Gasteiger partial charge in [0.2, 0.25) is 0 Å². The molecule has 2 aromatic rings. The number of hydrogen-bond acceptors (Lipinski definition) is 4. The lowest BCUT2D eigenvalue weighted by Crippen LogP contribution is -2.36. The van der Waals surface area contributed by atoms with Crippen LogP contribution < -0.4 is 10.6 Å². The van der Waals surface area contributed by atoms with Crippen LogP contribution in [0.4, 0.5) is 0 Å². The number of nitrogens with one attached hydrogen (secondary N) is 2. The van der Waals surface area contributed by atoms with Crippen LogP contribution in [0, 0.1) is 12.3 Å². The number of halogens is 2. The van der Waals surface area contributed by atoms with Gasteiger partial charge in [0.15, 0.2) is 5.69 Å². The van der Waals surface area contributed by atoms with Gasteiger partial charge in [-0.15, -0.1) is 17.5 Å². The fraction of sp³-hybridized carbons (Fsp3) is 0.550. The average molecular weight is 426 g/mol. The van der Waals surface area contributed by atoms with Crippen LogP contribution in [0.15, 0.2) is 24.3 Å². The Kier molecular flexibility index (Phi) is 7.87. The molecular formula is C20H29Cl2N5O. The molecule has 0 bridgehead atoms. The molecule has 3 rings (SSSR count). The SMILES string of the molecule is Cc1c(C(=O)NCC(C)(C)Cc2cccc(Cl)c2)nnn1C1CCNCC1.Cl. The highest BCUT2D eigenvalue weighted by atomic mass is 35.5. The predicted octanol–water partition coefficient (Wildman–Crippen LogP) is 3.58. The van der Waals surface area contributed by atoms with Crippen molar-refractivity contribution in [2.45, 2.75) is 46.1 Å². The standard InChI is InChI=1S/C20H28ClN5O.ClH/c1-14-18(24-25-26(14)17-7-9-22-10-8-17)19(27)23-13-20(2,3)12-15-5-4-6-16(21)11-15;/h4-6,11,17,22H,7-10,12-13H2,1-3H3,(H,23,27);1H. The second kappa shape index (κ2) is 9.72. The molecule has 8 heteroatoms. The molecule has 0 radical (unpaired) electrons. The van der Waals surface area contributed by atoms with Crippen LogP contribution in [0.25, 0.3) is 0 Å². The Balaban J connectivity index is 0.00000280. The van der Waals surface area contributed by atoms with Gasteiger partial charge in [0.05, 0.1) is 11.7 Å². The Hall–Kier alpha value is -1.63. The lowest BCUT2D eigenvalue weighted by atomic mass is 9.85. The summed E-state index contributed by atoms with van der Waals surface area (Å²) in [6, 6.07) is 8.17. The topological polar surface area (TPSA) is 71.8 Å². The maximum Gasteiger partial charge on any atom is 0.273 e. The lowest BCUT2D eigenvalue weighted by molar-refractivity contribution is 0.0930. The van der Waals surface area contributed by atoms with Crippen molar-refractivity contribution in [1.82, 2.24) is 25.6 Å². The van der Waals surface area contributed by atoms with Crippen molar-refractivity contribution in [2.75, 3.05) is 19.6 Å². The van der Waals surface area contributed by atoms with E-state index >= 15 is 0 Å². The first-order valence-electron chi connectivity index (χ1n) is 9.51. The Bertz CT molecular complexity index is 800. The third kappa shape index (κ3) is 5.69. The number of carbonyl (C=O) groups is 1. The van der Waals surface area contributed by atoms with Gasteiger partial charge in [0.25, 0.3) is 5.91 Å². The number of rotatable bonds is 6. The van der Waals surface area contributed by atoms with E-state index in [0.29, 0.717) is 18.3 Å². The summed E-state index contributed by atoms with van der Waals surface area (Å²) in [4.78, 5) is 12.7. The summed E-state index contributed by atoms with van der Waals surface area (Å²) >= 11 is 6.07. The molecule has 0 spiro atoms. The third-order valence-electron chi connectivity index (χ3n) is 5.10. The fourth-order valence-corrected chi connectivity index (χ4v) is 3.83. The van der Waals surface area contributed by atoms with Gasteiger partial charge in [-0.2, -0.15) is 0 Å². The maximum atomic E-state index is 12.7. The summed E-state index contributed by atoms with van der Waals surface area (Å²) in [7, 11) is 0. The molecule has 154 valence electrons. The number of benzene rings is 1. The molecule has 1 saturated heterocycles. The van der Waals surface area contributed by atoms with Crippen LogP contribution in [0.2, 0.25) is 5.02 Å². The van der Waals surface area contributed by atoms with Crippen LogP contribution in [-0.2, 0) is 6.42 Å². The van der Waals surface area contributed by atoms with E-state index in [-0.39, 0.29) is 23.7 Å². The van der Waals surface area contributed by atoms with Gasteiger partial charge in [-0.1, -0.05) is 42.8 Å². The molecule has 0 atom stereocenters. The molecule has 6 nitrogen and oxygen atoms in total. The number of amides is 1. The minimum Gasteiger partial charge on any atom is -0.350 e. The Morgan fingerprint density at radius 3 is 2.75 bits per heavy atom. The van der Waals surface area contributed by atoms with Gasteiger partial charge in [0, 0.05) is 11.6 Å². The van der Waals surface area contributed by atoms with E-state index in [2.05, 4.69) is 40.9 Å². The van der Waals surface area contributed by atoms with Gasteiger partial charge in [0.1, 0.15) is 0 Å². The Morgan fingerprint density at radius 1 is 1.36 bits per heavy atom. The van der Waals surface area contributed by atoms with Gasteiger partial charge in [-0.3, -0.25) is 4.79 Å². The van der Waals surface area contributed by atoms with E-state index in [1.807, 2.05) is 29.8 Å². The zero-order chi connectivity index (χ0) is 19.4. The normalized spacial score (nSPS) is 15.1. The number of carbonyl (C=O) groups excluding carboxylic acids is 1. The van der Waals surface area contributed by atoms with E-state index in [1.165, 1.54) is 0 Å². The van der Waals surface area contributed by atoms with Crippen LogP contribution in [0.1, 0.15) is 54.5 Å². The monoisotopic (exact) mass is 425 g/mol. The van der Waals surface area contributed by atoms with Crippen molar-refractivity contribution >= 4 is 29.9 Å². The zero-order valence-corrected chi connectivity index (χ0v) is 18.2. The van der Waals surface area contributed by atoms with Crippen molar-refractivity contribution in [1.29, 1.82) is 0 Å². The number of aromatic nitrogens is 3. The first kappa shape index (κ1) is 22.7. The average Bonchev–Trinajstić information content (AvgIpc) is 3.02. The summed E-state index contributed by atoms with van der Waals surface area (Å²) in [5.74, 6) is -0.160. The van der Waals surface area contributed by atoms with E-state index < -0.39 is 0 Å². The highest BCUT2D eigenvalue weighted by Gasteiger charge is 2.25. The second-order valence-electron chi connectivity index (χ2n) is 8.10. The molecule has 1 amide bonds. The first-order valence-corrected chi connectivity index (χ1v) is 9.89. The fourth-order valence-electron chi connectivity index (χ4n) is 3.61. The molecule has 2 N–H and O–H groups in total. The van der Waals surface area contributed by atoms with Gasteiger partial charge in [-0.25, -0.2) is 4.68 Å². The van der Waals surface area contributed by atoms with Gasteiger partial charge >= 0.3 is 0 Å². The van der Waals surface area contributed by atoms with Crippen LogP contribution in [0.3, 0.4) is 0 Å². The van der Waals surface area contributed by atoms with Crippen LogP contribution in [-0.4, -0.2) is 40.5 Å². The van der Waals surface area contributed by atoms with Crippen molar-refractivity contribution in [3.63, 3.8) is 0 Å². The second-order valence-corrected chi connectivity index (χ2v) is 8.54. The summed E-state index contributed by atoms with van der Waals surface area (Å²) in [5, 5.41) is 15.5. The van der Waals surface area contributed by atoms with Gasteiger partial charge in [-0.05, 0) is 62.4 Å². The zero-order valence-electron chi connectivity index (χ0n) is 16.7. The number of nitrogens with zero attached hydrogens (tertiary/aromatic N) is 3. The molecule has 1 aromatic heterocycles. The molecule has 0 aliphatic carbocycles. The largest absolute Gasteiger partial charge is 0.350 e. The van der Waals surface area contributed by atoms with Gasteiger partial charge < -0.3 is 10.6 Å². The molecule has 28 heavy (non-hydrogen) atoms. The molecule has 1 fully saturated rings. The molecule has 0 unspecified atom stereocenters. The molecular weight excluding hydrogens is 397 g/mol. The first-order chi connectivity index (χ1) is 12.9. The van der Waals surface area contributed by atoms with Crippen molar-refractivity contribution in [2.24, 2.45) is 5.41 Å². The Morgan fingerprint density at radius 2 is 2.07 bits per heavy atom. The molecule has 1 aliphatic heterocycles. The molecule has 1 aliphatic rings. The number of piperidine rings is 1. The highest BCUT2D eigenvalue weighted by Crippen LogP contribution is 2.23. The summed E-state index contributed by atoms with van der Waals surface area (Å²) in [5.41, 5.74) is 2.33. The summed E-state index contributed by atoms with van der Waals surface area (Å²) in [6.07, 6.45) is 2.85. The van der Waals surface area contributed by atoms with E-state index in [0.717, 1.165) is 48.6 Å². The Labute approximate surface area is 177 Å². The third-order valence-corrected chi connectivity index (χ3v) is 5.33. The van der Waals surface area contributed by atoms with Crippen molar-refractivity contribution < 1.29 is 4.79 Å². The molecule has 2 heterocycles. The van der Waals surface area contributed by atoms with Crippen molar-refractivity contribution in [3.8, 4) is 0 Å². The maximum absolute atomic E-state index is 12.7. The smallest absolute Gasteiger partial charge is 0.273 e. The van der Waals surface area contributed by atoms with E-state index in [4.69, 9.17) is 11.6 Å². The summed E-state index contributed by atoms with van der Waals surface area (Å²) < 4.78 is 1.91. The quantitative estimate of drug-likeness (QED) is 0.741. The predicted molar refractivity (Wildman–Crippen MR) is 114 cm³/mol. The summed E-state index contributed by atoms with van der Waals surface area (Å²) in [6.45, 7) is 8.69. The molecule has 0 saturated carbocycles. The van der Waals surface area contributed by atoms with E-state index in [1.54, 1.807) is 0 Å². The van der Waals surface area contributed by atoms with Crippen LogP contribution in [0.5, 0.6) is 0 Å². The van der Waals surface area contributed by atoms with E-state index in [9.17, 15) is 4.79 Å². The minimum atomic E-state index is -0.160. The molecule has 1 aromatic carbocycles.